The van der Waals surface area contributed by atoms with Gasteiger partial charge in [-0.2, -0.15) is 39.5 Å². The third-order valence-corrected chi connectivity index (χ3v) is 7.34. The molecule has 0 aliphatic carbocycles. The second kappa shape index (κ2) is 18.6. The molecule has 22 heteroatoms. The van der Waals surface area contributed by atoms with Gasteiger partial charge in [0, 0.05) is 68.5 Å². The van der Waals surface area contributed by atoms with Crippen LogP contribution in [0, 0.1) is 0 Å². The molecule has 3 N–H and O–H groups in total. The van der Waals surface area contributed by atoms with E-state index >= 15 is 0 Å². The summed E-state index contributed by atoms with van der Waals surface area (Å²) < 4.78 is 102. The van der Waals surface area contributed by atoms with Crippen molar-refractivity contribution in [2.75, 3.05) is 26.2 Å². The Balaban J connectivity index is 0.000000379. The van der Waals surface area contributed by atoms with Gasteiger partial charge in [-0.25, -0.2) is 14.4 Å². The third-order valence-electron chi connectivity index (χ3n) is 7.09. The number of aliphatic carboxylic acids is 3. The molecule has 1 aromatic carbocycles. The topological polar surface area (TPSA) is 170 Å². The molecule has 2 aromatic heterocycles. The first-order valence-electron chi connectivity index (χ1n) is 14.6. The highest BCUT2D eigenvalue weighted by Gasteiger charge is 2.57. The van der Waals surface area contributed by atoms with Crippen LogP contribution in [0.3, 0.4) is 0 Å². The molecule has 2 unspecified atom stereocenters. The Labute approximate surface area is 298 Å². The van der Waals surface area contributed by atoms with Crippen molar-refractivity contribution >= 4 is 35.4 Å². The lowest BCUT2D eigenvalue weighted by Gasteiger charge is -2.42. The minimum Gasteiger partial charge on any atom is -0.475 e. The number of pyridine rings is 2. The van der Waals surface area contributed by atoms with Gasteiger partial charge in [0.25, 0.3) is 5.91 Å². The number of carboxylic acid groups (broad SMARTS) is 3. The summed E-state index contributed by atoms with van der Waals surface area (Å²) in [7, 11) is 0. The van der Waals surface area contributed by atoms with Crippen LogP contribution in [-0.4, -0.2) is 109 Å². The molecule has 5 rings (SSSR count). The van der Waals surface area contributed by atoms with Gasteiger partial charge in [-0.1, -0.05) is 29.8 Å². The van der Waals surface area contributed by atoms with E-state index < -0.39 is 42.0 Å². The van der Waals surface area contributed by atoms with Crippen molar-refractivity contribution in [2.24, 2.45) is 0 Å². The van der Waals surface area contributed by atoms with E-state index in [0.717, 1.165) is 34.8 Å². The summed E-state index contributed by atoms with van der Waals surface area (Å²) in [5.41, 5.74) is 2.35. The van der Waals surface area contributed by atoms with E-state index in [-0.39, 0.29) is 11.8 Å². The van der Waals surface area contributed by atoms with Crippen LogP contribution in [0.5, 0.6) is 0 Å². The molecule has 4 heterocycles. The fourth-order valence-electron chi connectivity index (χ4n) is 4.83. The van der Waals surface area contributed by atoms with E-state index in [0.29, 0.717) is 26.2 Å². The van der Waals surface area contributed by atoms with Gasteiger partial charge in [-0.05, 0) is 47.0 Å². The largest absolute Gasteiger partial charge is 0.490 e. The van der Waals surface area contributed by atoms with Crippen molar-refractivity contribution < 1.29 is 78.7 Å². The van der Waals surface area contributed by atoms with Crippen LogP contribution in [0.25, 0.3) is 0 Å². The minimum atomic E-state index is -5.08. The zero-order chi connectivity index (χ0) is 40.2. The predicted octanol–water partition coefficient (Wildman–Crippen LogP) is 5.43. The smallest absolute Gasteiger partial charge is 0.475 e. The summed E-state index contributed by atoms with van der Waals surface area (Å²) >= 11 is 6.06. The molecule has 53 heavy (non-hydrogen) atoms. The number of carboxylic acids is 3. The summed E-state index contributed by atoms with van der Waals surface area (Å²) in [5.74, 6) is -8.31. The van der Waals surface area contributed by atoms with Crippen LogP contribution in [0.1, 0.15) is 22.6 Å². The number of hydrogen-bond donors (Lipinski definition) is 3. The molecule has 1 spiro atoms. The SMILES string of the molecule is O=C(O)C(F)(F)F.O=C(O)C(F)(F)F.O=C(O)C(F)(F)F.O=C1N(Cc2ccncc2)CCOC12CN(Cc1ccc(Cl)cc1)CC2c1cccnc1. The normalized spacial score (nSPS) is 18.8. The maximum Gasteiger partial charge on any atom is 0.490 e. The van der Waals surface area contributed by atoms with E-state index in [1.54, 1.807) is 18.6 Å². The van der Waals surface area contributed by atoms with Gasteiger partial charge in [0.05, 0.1) is 6.61 Å². The molecule has 0 saturated carbocycles. The molecule has 2 aliphatic rings. The van der Waals surface area contributed by atoms with Gasteiger partial charge in [0.15, 0.2) is 5.60 Å². The van der Waals surface area contributed by atoms with Gasteiger partial charge in [-0.3, -0.25) is 19.7 Å². The van der Waals surface area contributed by atoms with Gasteiger partial charge in [0.1, 0.15) is 0 Å². The average molecular weight is 791 g/mol. The molecule has 1 amide bonds. The zero-order valence-electron chi connectivity index (χ0n) is 26.7. The fraction of sp³-hybridized carbons (Fsp3) is 0.355. The van der Waals surface area contributed by atoms with E-state index in [2.05, 4.69) is 14.9 Å². The standard InChI is InChI=1S/C25H25ClN4O2.3C2HF3O2/c26-22-5-3-19(4-6-22)15-29-17-23(21-2-1-9-28-14-21)25(18-29)24(31)30(12-13-32-25)16-20-7-10-27-11-8-20;3*3-2(4,5)1(6)7/h1-11,14,23H,12-13,15-18H2;3*(H,6,7). The van der Waals surface area contributed by atoms with Crippen LogP contribution in [0.15, 0.2) is 73.3 Å². The van der Waals surface area contributed by atoms with Crippen molar-refractivity contribution in [1.82, 2.24) is 19.8 Å². The van der Waals surface area contributed by atoms with Crippen molar-refractivity contribution in [1.29, 1.82) is 0 Å². The van der Waals surface area contributed by atoms with Crippen molar-refractivity contribution in [3.8, 4) is 0 Å². The average Bonchev–Trinajstić information content (AvgIpc) is 3.43. The van der Waals surface area contributed by atoms with Crippen LogP contribution in [-0.2, 0) is 37.0 Å². The highest BCUT2D eigenvalue weighted by Crippen LogP contribution is 2.42. The Morgan fingerprint density at radius 2 is 1.26 bits per heavy atom. The number of nitrogens with zero attached hydrogens (tertiary/aromatic N) is 4. The second-order valence-corrected chi connectivity index (χ2v) is 11.3. The molecule has 290 valence electrons. The van der Waals surface area contributed by atoms with E-state index in [1.807, 2.05) is 59.6 Å². The quantitative estimate of drug-likeness (QED) is 0.282. The Kier molecular flexibility index (Phi) is 15.5. The minimum absolute atomic E-state index is 0.0491. The molecule has 2 fully saturated rings. The highest BCUT2D eigenvalue weighted by atomic mass is 35.5. The first kappa shape index (κ1) is 44.1. The van der Waals surface area contributed by atoms with E-state index in [9.17, 15) is 44.3 Å². The third kappa shape index (κ3) is 13.8. The fourth-order valence-corrected chi connectivity index (χ4v) is 4.96. The number of alkyl halides is 9. The number of halogens is 10. The molecule has 12 nitrogen and oxygen atoms in total. The molecule has 2 saturated heterocycles. The Morgan fingerprint density at radius 1 is 0.774 bits per heavy atom. The predicted molar refractivity (Wildman–Crippen MR) is 163 cm³/mol. The Hall–Kier alpha value is -5.02. The number of carbonyl (C=O) groups is 4. The lowest BCUT2D eigenvalue weighted by molar-refractivity contribution is -0.193. The number of likely N-dealkylation sites (tertiary alicyclic amines) is 1. The van der Waals surface area contributed by atoms with Gasteiger partial charge in [0.2, 0.25) is 0 Å². The van der Waals surface area contributed by atoms with Gasteiger partial charge < -0.3 is 25.0 Å². The molecule has 2 atom stereocenters. The lowest BCUT2D eigenvalue weighted by Crippen LogP contribution is -2.59. The Bertz CT molecular complexity index is 1610. The van der Waals surface area contributed by atoms with Crippen molar-refractivity contribution in [3.63, 3.8) is 0 Å². The highest BCUT2D eigenvalue weighted by molar-refractivity contribution is 6.30. The number of morpholine rings is 1. The summed E-state index contributed by atoms with van der Waals surface area (Å²) in [6.07, 6.45) is -8.11. The van der Waals surface area contributed by atoms with Crippen molar-refractivity contribution in [2.45, 2.75) is 43.1 Å². The first-order chi connectivity index (χ1) is 24.5. The molecule has 0 radical (unpaired) electrons. The molecular weight excluding hydrogens is 763 g/mol. The van der Waals surface area contributed by atoms with Gasteiger partial charge in [-0.15, -0.1) is 0 Å². The molecule has 2 aliphatic heterocycles. The first-order valence-corrected chi connectivity index (χ1v) is 14.9. The summed E-state index contributed by atoms with van der Waals surface area (Å²) in [5, 5.41) is 22.1. The number of ether oxygens (including phenoxy) is 1. The maximum atomic E-state index is 13.9. The van der Waals surface area contributed by atoms with E-state index in [4.69, 9.17) is 46.0 Å². The summed E-state index contributed by atoms with van der Waals surface area (Å²) in [6, 6.07) is 15.7. The lowest BCUT2D eigenvalue weighted by atomic mass is 9.83. The molecule has 3 aromatic rings. The van der Waals surface area contributed by atoms with E-state index in [1.165, 1.54) is 0 Å². The van der Waals surface area contributed by atoms with Crippen LogP contribution >= 0.6 is 11.6 Å². The monoisotopic (exact) mass is 790 g/mol. The van der Waals surface area contributed by atoms with Gasteiger partial charge >= 0.3 is 36.4 Å². The number of carbonyl (C=O) groups excluding carboxylic acids is 1. The Morgan fingerprint density at radius 3 is 1.72 bits per heavy atom. The number of amides is 1. The molecule has 0 bridgehead atoms. The number of benzene rings is 1. The number of aromatic nitrogens is 2. The maximum absolute atomic E-state index is 13.9. The van der Waals surface area contributed by atoms with Crippen LogP contribution < -0.4 is 0 Å². The van der Waals surface area contributed by atoms with Crippen LogP contribution in [0.2, 0.25) is 5.02 Å². The number of rotatable bonds is 5. The summed E-state index contributed by atoms with van der Waals surface area (Å²) in [6.45, 7) is 3.66. The zero-order valence-corrected chi connectivity index (χ0v) is 27.5. The summed E-state index contributed by atoms with van der Waals surface area (Å²) in [4.78, 5) is 53.2. The van der Waals surface area contributed by atoms with Crippen molar-refractivity contribution in [3.05, 3.63) is 95.0 Å². The number of hydrogen-bond acceptors (Lipinski definition) is 8. The molecular formula is C31H28ClF9N4O8. The second-order valence-electron chi connectivity index (χ2n) is 10.9. The van der Waals surface area contributed by atoms with Crippen LogP contribution in [0.4, 0.5) is 39.5 Å².